The first-order chi connectivity index (χ1) is 9.15. The predicted octanol–water partition coefficient (Wildman–Crippen LogP) is 4.14. The lowest BCUT2D eigenvalue weighted by Gasteiger charge is -2.01. The molecule has 0 unspecified atom stereocenters. The first-order valence-corrected chi connectivity index (χ1v) is 6.41. The van der Waals surface area contributed by atoms with Crippen LogP contribution in [-0.2, 0) is 4.79 Å². The topological polar surface area (TPSA) is 29.1 Å². The molecule has 0 saturated heterocycles. The van der Waals surface area contributed by atoms with E-state index in [1.807, 2.05) is 55.5 Å². The van der Waals surface area contributed by atoms with Gasteiger partial charge in [0.15, 0.2) is 0 Å². The Morgan fingerprint density at radius 1 is 1.16 bits per heavy atom. The zero-order valence-electron chi connectivity index (χ0n) is 10.4. The number of benzene rings is 2. The Balaban J connectivity index is 2.14. The summed E-state index contributed by atoms with van der Waals surface area (Å²) >= 11 is 6.13. The zero-order chi connectivity index (χ0) is 13.4. The summed E-state index contributed by atoms with van der Waals surface area (Å²) < 4.78 is 0. The molecule has 0 atom stereocenters. The number of anilines is 1. The smallest absolute Gasteiger partial charge is 0.256 e. The molecule has 2 aromatic carbocycles. The standard InChI is InChI=1S/C16H12ClNO/c1-10-6-7-15-12(8-10)13(16(19)18-15)9-11-4-2-3-5-14(11)17/h2-9H,1H3,(H,18,19)/b13-9+. The molecule has 1 N–H and O–H groups in total. The van der Waals surface area contributed by atoms with Crippen LogP contribution in [0.2, 0.25) is 5.02 Å². The average Bonchev–Trinajstić information content (AvgIpc) is 2.69. The second kappa shape index (κ2) is 4.56. The van der Waals surface area contributed by atoms with Crippen LogP contribution in [0.25, 0.3) is 11.6 Å². The molecule has 0 aromatic heterocycles. The van der Waals surface area contributed by atoms with Gasteiger partial charge in [0.05, 0.1) is 0 Å². The van der Waals surface area contributed by atoms with Crippen LogP contribution in [0.1, 0.15) is 16.7 Å². The number of nitrogens with one attached hydrogen (secondary N) is 1. The fraction of sp³-hybridized carbons (Fsp3) is 0.0625. The van der Waals surface area contributed by atoms with Crippen molar-refractivity contribution in [3.63, 3.8) is 0 Å². The van der Waals surface area contributed by atoms with E-state index in [4.69, 9.17) is 11.6 Å². The number of halogens is 1. The number of hydrogen-bond acceptors (Lipinski definition) is 1. The van der Waals surface area contributed by atoms with Gasteiger partial charge in [0.2, 0.25) is 0 Å². The molecule has 2 aromatic rings. The van der Waals surface area contributed by atoms with Crippen molar-refractivity contribution in [2.45, 2.75) is 6.92 Å². The maximum absolute atomic E-state index is 12.0. The van der Waals surface area contributed by atoms with Crippen molar-refractivity contribution in [2.75, 3.05) is 5.32 Å². The molecule has 2 nitrogen and oxygen atoms in total. The summed E-state index contributed by atoms with van der Waals surface area (Å²) in [5, 5.41) is 3.51. The summed E-state index contributed by atoms with van der Waals surface area (Å²) in [6.07, 6.45) is 1.84. The minimum atomic E-state index is -0.0829. The molecule has 1 aliphatic rings. The van der Waals surface area contributed by atoms with Gasteiger partial charge in [-0.15, -0.1) is 0 Å². The molecule has 1 aliphatic heterocycles. The van der Waals surface area contributed by atoms with E-state index in [0.29, 0.717) is 10.6 Å². The molecule has 1 heterocycles. The molecular weight excluding hydrogens is 258 g/mol. The van der Waals surface area contributed by atoms with Crippen molar-refractivity contribution in [2.24, 2.45) is 0 Å². The Morgan fingerprint density at radius 2 is 1.95 bits per heavy atom. The maximum Gasteiger partial charge on any atom is 0.256 e. The normalized spacial score (nSPS) is 15.5. The van der Waals surface area contributed by atoms with Crippen molar-refractivity contribution in [3.8, 4) is 0 Å². The Labute approximate surface area is 116 Å². The van der Waals surface area contributed by atoms with Gasteiger partial charge >= 0.3 is 0 Å². The number of aryl methyl sites for hydroxylation is 1. The van der Waals surface area contributed by atoms with Gasteiger partial charge in [0.25, 0.3) is 5.91 Å². The van der Waals surface area contributed by atoms with Gasteiger partial charge in [-0.1, -0.05) is 41.4 Å². The van der Waals surface area contributed by atoms with Crippen LogP contribution in [-0.4, -0.2) is 5.91 Å². The van der Waals surface area contributed by atoms with E-state index in [-0.39, 0.29) is 5.91 Å². The summed E-state index contributed by atoms with van der Waals surface area (Å²) in [7, 11) is 0. The highest BCUT2D eigenvalue weighted by Crippen LogP contribution is 2.34. The van der Waals surface area contributed by atoms with Gasteiger partial charge in [-0.3, -0.25) is 4.79 Å². The Bertz CT molecular complexity index is 704. The van der Waals surface area contributed by atoms with Crippen LogP contribution in [0, 0.1) is 6.92 Å². The quantitative estimate of drug-likeness (QED) is 0.775. The van der Waals surface area contributed by atoms with E-state index in [2.05, 4.69) is 5.32 Å². The maximum atomic E-state index is 12.0. The van der Waals surface area contributed by atoms with Crippen LogP contribution in [0.15, 0.2) is 42.5 Å². The Morgan fingerprint density at radius 3 is 2.74 bits per heavy atom. The Hall–Kier alpha value is -2.06. The summed E-state index contributed by atoms with van der Waals surface area (Å²) in [5.74, 6) is -0.0829. The number of carbonyl (C=O) groups is 1. The van der Waals surface area contributed by atoms with E-state index in [9.17, 15) is 4.79 Å². The molecule has 19 heavy (non-hydrogen) atoms. The second-order valence-corrected chi connectivity index (χ2v) is 4.99. The SMILES string of the molecule is Cc1ccc2c(c1)/C(=C\c1ccccc1Cl)C(=O)N2. The minimum absolute atomic E-state index is 0.0829. The monoisotopic (exact) mass is 269 g/mol. The highest BCUT2D eigenvalue weighted by Gasteiger charge is 2.24. The highest BCUT2D eigenvalue weighted by atomic mass is 35.5. The molecule has 0 bridgehead atoms. The first kappa shape index (κ1) is 12.0. The van der Waals surface area contributed by atoms with Crippen LogP contribution in [0.4, 0.5) is 5.69 Å². The van der Waals surface area contributed by atoms with Gasteiger partial charge in [0.1, 0.15) is 0 Å². The van der Waals surface area contributed by atoms with Gasteiger partial charge in [-0.05, 0) is 36.8 Å². The summed E-state index contributed by atoms with van der Waals surface area (Å²) in [6, 6.07) is 13.4. The number of fused-ring (bicyclic) bond motifs is 1. The van der Waals surface area contributed by atoms with Crippen molar-refractivity contribution in [1.29, 1.82) is 0 Å². The third-order valence-electron chi connectivity index (χ3n) is 3.16. The first-order valence-electron chi connectivity index (χ1n) is 6.04. The molecule has 0 spiro atoms. The van der Waals surface area contributed by atoms with Crippen molar-refractivity contribution in [3.05, 3.63) is 64.2 Å². The third kappa shape index (κ3) is 2.15. The molecular formula is C16H12ClNO. The van der Waals surface area contributed by atoms with E-state index in [0.717, 1.165) is 22.4 Å². The molecule has 1 amide bonds. The number of hydrogen-bond donors (Lipinski definition) is 1. The largest absolute Gasteiger partial charge is 0.321 e. The lowest BCUT2D eigenvalue weighted by atomic mass is 10.0. The molecule has 0 aliphatic carbocycles. The summed E-state index contributed by atoms with van der Waals surface area (Å²) in [5.41, 5.74) is 4.43. The summed E-state index contributed by atoms with van der Waals surface area (Å²) in [4.78, 5) is 12.0. The minimum Gasteiger partial charge on any atom is -0.321 e. The zero-order valence-corrected chi connectivity index (χ0v) is 11.2. The van der Waals surface area contributed by atoms with Crippen LogP contribution < -0.4 is 5.32 Å². The lowest BCUT2D eigenvalue weighted by molar-refractivity contribution is -0.110. The Kier molecular flexibility index (Phi) is 2.88. The molecule has 3 rings (SSSR count). The van der Waals surface area contributed by atoms with Gasteiger partial charge in [-0.25, -0.2) is 0 Å². The highest BCUT2D eigenvalue weighted by molar-refractivity contribution is 6.37. The lowest BCUT2D eigenvalue weighted by Crippen LogP contribution is -2.03. The van der Waals surface area contributed by atoms with Crippen LogP contribution in [0.5, 0.6) is 0 Å². The van der Waals surface area contributed by atoms with Gasteiger partial charge in [0, 0.05) is 21.8 Å². The molecule has 3 heteroatoms. The number of rotatable bonds is 1. The second-order valence-electron chi connectivity index (χ2n) is 4.58. The number of carbonyl (C=O) groups excluding carboxylic acids is 1. The van der Waals surface area contributed by atoms with Crippen molar-refractivity contribution < 1.29 is 4.79 Å². The van der Waals surface area contributed by atoms with Gasteiger partial charge in [-0.2, -0.15) is 0 Å². The third-order valence-corrected chi connectivity index (χ3v) is 3.51. The van der Waals surface area contributed by atoms with E-state index in [1.54, 1.807) is 0 Å². The van der Waals surface area contributed by atoms with E-state index >= 15 is 0 Å². The van der Waals surface area contributed by atoms with Crippen LogP contribution >= 0.6 is 11.6 Å². The number of amides is 1. The van der Waals surface area contributed by atoms with Gasteiger partial charge < -0.3 is 5.32 Å². The molecule has 0 saturated carbocycles. The van der Waals surface area contributed by atoms with Crippen molar-refractivity contribution >= 4 is 34.8 Å². The van der Waals surface area contributed by atoms with E-state index < -0.39 is 0 Å². The van der Waals surface area contributed by atoms with Crippen LogP contribution in [0.3, 0.4) is 0 Å². The fourth-order valence-corrected chi connectivity index (χ4v) is 2.38. The van der Waals surface area contributed by atoms with Crippen molar-refractivity contribution in [1.82, 2.24) is 0 Å². The molecule has 0 radical (unpaired) electrons. The summed E-state index contributed by atoms with van der Waals surface area (Å²) in [6.45, 7) is 2.01. The molecule has 94 valence electrons. The fourth-order valence-electron chi connectivity index (χ4n) is 2.19. The van der Waals surface area contributed by atoms with E-state index in [1.165, 1.54) is 0 Å². The average molecular weight is 270 g/mol. The molecule has 0 fully saturated rings. The predicted molar refractivity (Wildman–Crippen MR) is 79.1 cm³/mol.